The number of halogens is 3. The lowest BCUT2D eigenvalue weighted by atomic mass is 9.86. The summed E-state index contributed by atoms with van der Waals surface area (Å²) in [6.45, 7) is 1.24. The van der Waals surface area contributed by atoms with Gasteiger partial charge in [-0.15, -0.1) is 0 Å². The van der Waals surface area contributed by atoms with E-state index in [0.29, 0.717) is 18.9 Å². The number of non-ortho nitro benzene ring substituents is 1. The number of nitro benzene ring substituents is 1. The van der Waals surface area contributed by atoms with E-state index in [0.717, 1.165) is 18.6 Å². The van der Waals surface area contributed by atoms with Gasteiger partial charge in [-0.3, -0.25) is 19.7 Å². The number of hydrogen-bond acceptors (Lipinski definition) is 5. The molecule has 0 spiro atoms. The Morgan fingerprint density at radius 1 is 1.36 bits per heavy atom. The van der Waals surface area contributed by atoms with Crippen LogP contribution in [0.2, 0.25) is 0 Å². The van der Waals surface area contributed by atoms with E-state index in [1.54, 1.807) is 0 Å². The number of nitrogens with one attached hydrogen (secondary N) is 1. The maximum atomic E-state index is 13.1. The topological polar surface area (TPSA) is 98.5 Å². The van der Waals surface area contributed by atoms with Crippen molar-refractivity contribution in [2.24, 2.45) is 5.92 Å². The number of carbonyl (C=O) groups excluding carboxylic acids is 2. The lowest BCUT2D eigenvalue weighted by Gasteiger charge is -2.25. The molecular weight excluding hydrogens is 345 g/mol. The third-order valence-corrected chi connectivity index (χ3v) is 3.88. The van der Waals surface area contributed by atoms with E-state index in [1.807, 2.05) is 5.32 Å². The molecule has 1 aliphatic carbocycles. The summed E-state index contributed by atoms with van der Waals surface area (Å²) in [5.41, 5.74) is -2.75. The summed E-state index contributed by atoms with van der Waals surface area (Å²) < 4.78 is 44.1. The predicted molar refractivity (Wildman–Crippen MR) is 79.6 cm³/mol. The molecule has 0 saturated heterocycles. The molecule has 7 nitrogen and oxygen atoms in total. The Kier molecular flexibility index (Phi) is 5.29. The van der Waals surface area contributed by atoms with Crippen molar-refractivity contribution in [1.82, 2.24) is 0 Å². The molecule has 0 aromatic heterocycles. The largest absolute Gasteiger partial charge is 0.452 e. The van der Waals surface area contributed by atoms with Gasteiger partial charge in [0, 0.05) is 12.1 Å². The fourth-order valence-electron chi connectivity index (χ4n) is 2.19. The summed E-state index contributed by atoms with van der Waals surface area (Å²) in [6, 6.07) is 1.97. The lowest BCUT2D eigenvalue weighted by Crippen LogP contribution is -2.34. The number of ether oxygens (including phenoxy) is 1. The lowest BCUT2D eigenvalue weighted by molar-refractivity contribution is -0.385. The van der Waals surface area contributed by atoms with E-state index in [4.69, 9.17) is 4.74 Å². The molecule has 1 fully saturated rings. The molecule has 0 radical (unpaired) electrons. The third-order valence-electron chi connectivity index (χ3n) is 3.88. The van der Waals surface area contributed by atoms with Crippen LogP contribution in [0, 0.1) is 16.0 Å². The minimum absolute atomic E-state index is 0.277. The second-order valence-electron chi connectivity index (χ2n) is 5.68. The van der Waals surface area contributed by atoms with Crippen LogP contribution in [0.5, 0.6) is 0 Å². The summed E-state index contributed by atoms with van der Waals surface area (Å²) in [6.07, 6.45) is -3.98. The first-order valence-electron chi connectivity index (χ1n) is 7.46. The number of anilines is 1. The molecule has 0 heterocycles. The average Bonchev–Trinajstić information content (AvgIpc) is 2.44. The molecular formula is C15H15F3N2O5. The zero-order chi connectivity index (χ0) is 18.8. The van der Waals surface area contributed by atoms with E-state index < -0.39 is 46.0 Å². The number of amides is 1. The van der Waals surface area contributed by atoms with Crippen LogP contribution in [0.4, 0.5) is 24.5 Å². The van der Waals surface area contributed by atoms with Crippen molar-refractivity contribution in [3.8, 4) is 0 Å². The van der Waals surface area contributed by atoms with Crippen molar-refractivity contribution < 1.29 is 32.4 Å². The van der Waals surface area contributed by atoms with Gasteiger partial charge in [0.2, 0.25) is 0 Å². The number of nitro groups is 1. The van der Waals surface area contributed by atoms with Crippen LogP contribution in [0.15, 0.2) is 18.2 Å². The second kappa shape index (κ2) is 7.08. The standard InChI is InChI=1S/C15H15F3N2O5/c1-8(25-14(22)9-3-2-4-9)13(21)19-12-6-5-10(20(23)24)7-11(12)15(16,17)18/h5-9H,2-4H2,1H3,(H,19,21)/t8-/m1/s1. The smallest absolute Gasteiger partial charge is 0.418 e. The molecule has 1 atom stereocenters. The van der Waals surface area contributed by atoms with Gasteiger partial charge >= 0.3 is 12.1 Å². The molecule has 10 heteroatoms. The molecule has 136 valence electrons. The first-order valence-corrected chi connectivity index (χ1v) is 7.46. The Bertz CT molecular complexity index is 701. The summed E-state index contributed by atoms with van der Waals surface area (Å²) >= 11 is 0. The average molecular weight is 360 g/mol. The molecule has 1 N–H and O–H groups in total. The quantitative estimate of drug-likeness (QED) is 0.494. The van der Waals surface area contributed by atoms with Crippen molar-refractivity contribution in [3.63, 3.8) is 0 Å². The third kappa shape index (κ3) is 4.46. The van der Waals surface area contributed by atoms with Crippen molar-refractivity contribution in [2.75, 3.05) is 5.32 Å². The Morgan fingerprint density at radius 2 is 2.00 bits per heavy atom. The van der Waals surface area contributed by atoms with Gasteiger partial charge in [0.05, 0.1) is 22.1 Å². The summed E-state index contributed by atoms with van der Waals surface area (Å²) in [5, 5.41) is 12.6. The minimum Gasteiger partial charge on any atom is -0.452 e. The highest BCUT2D eigenvalue weighted by Crippen LogP contribution is 2.37. The highest BCUT2D eigenvalue weighted by molar-refractivity contribution is 5.96. The summed E-state index contributed by atoms with van der Waals surface area (Å²) in [4.78, 5) is 33.3. The van der Waals surface area contributed by atoms with Crippen LogP contribution in [0.3, 0.4) is 0 Å². The predicted octanol–water partition coefficient (Wildman–Crippen LogP) is 3.28. The van der Waals surface area contributed by atoms with Gasteiger partial charge in [-0.2, -0.15) is 13.2 Å². The molecule has 2 rings (SSSR count). The summed E-state index contributed by atoms with van der Waals surface area (Å²) in [5.74, 6) is -1.79. The molecule has 1 aromatic carbocycles. The maximum absolute atomic E-state index is 13.1. The van der Waals surface area contributed by atoms with Crippen LogP contribution in [-0.2, 0) is 20.5 Å². The fraction of sp³-hybridized carbons (Fsp3) is 0.467. The Morgan fingerprint density at radius 3 is 2.48 bits per heavy atom. The molecule has 1 saturated carbocycles. The SMILES string of the molecule is C[C@@H](OC(=O)C1CCC1)C(=O)Nc1ccc([N+](=O)[O-])cc1C(F)(F)F. The highest BCUT2D eigenvalue weighted by Gasteiger charge is 2.36. The van der Waals surface area contributed by atoms with Crippen LogP contribution < -0.4 is 5.32 Å². The Hall–Kier alpha value is -2.65. The van der Waals surface area contributed by atoms with E-state index >= 15 is 0 Å². The monoisotopic (exact) mass is 360 g/mol. The summed E-state index contributed by atoms with van der Waals surface area (Å²) in [7, 11) is 0. The molecule has 1 aliphatic rings. The molecule has 25 heavy (non-hydrogen) atoms. The highest BCUT2D eigenvalue weighted by atomic mass is 19.4. The van der Waals surface area contributed by atoms with Crippen molar-refractivity contribution in [1.29, 1.82) is 0 Å². The van der Waals surface area contributed by atoms with Gasteiger partial charge in [0.1, 0.15) is 0 Å². The van der Waals surface area contributed by atoms with E-state index in [2.05, 4.69) is 0 Å². The molecule has 0 unspecified atom stereocenters. The Balaban J connectivity index is 2.13. The van der Waals surface area contributed by atoms with Gasteiger partial charge in [0.15, 0.2) is 6.10 Å². The number of rotatable bonds is 5. The van der Waals surface area contributed by atoms with Gasteiger partial charge in [-0.1, -0.05) is 6.42 Å². The normalized spacial score (nSPS) is 15.8. The van der Waals surface area contributed by atoms with Gasteiger partial charge in [-0.05, 0) is 25.8 Å². The number of benzene rings is 1. The van der Waals surface area contributed by atoms with Crippen molar-refractivity contribution in [3.05, 3.63) is 33.9 Å². The number of esters is 1. The van der Waals surface area contributed by atoms with Crippen LogP contribution in [0.25, 0.3) is 0 Å². The number of nitrogens with zero attached hydrogens (tertiary/aromatic N) is 1. The van der Waals surface area contributed by atoms with Gasteiger partial charge in [0.25, 0.3) is 11.6 Å². The second-order valence-corrected chi connectivity index (χ2v) is 5.68. The molecule has 0 bridgehead atoms. The minimum atomic E-state index is -4.90. The first kappa shape index (κ1) is 18.7. The number of alkyl halides is 3. The molecule has 1 amide bonds. The number of carbonyl (C=O) groups is 2. The van der Waals surface area contributed by atoms with E-state index in [-0.39, 0.29) is 5.92 Å². The van der Waals surface area contributed by atoms with Gasteiger partial charge < -0.3 is 10.1 Å². The van der Waals surface area contributed by atoms with E-state index in [9.17, 15) is 32.9 Å². The van der Waals surface area contributed by atoms with Crippen LogP contribution in [0.1, 0.15) is 31.7 Å². The maximum Gasteiger partial charge on any atom is 0.418 e. The van der Waals surface area contributed by atoms with Crippen molar-refractivity contribution in [2.45, 2.75) is 38.5 Å². The van der Waals surface area contributed by atoms with E-state index in [1.165, 1.54) is 6.92 Å². The van der Waals surface area contributed by atoms with Crippen LogP contribution >= 0.6 is 0 Å². The van der Waals surface area contributed by atoms with Crippen molar-refractivity contribution >= 4 is 23.3 Å². The van der Waals surface area contributed by atoms with Crippen LogP contribution in [-0.4, -0.2) is 22.9 Å². The molecule has 0 aliphatic heterocycles. The number of hydrogen-bond donors (Lipinski definition) is 1. The zero-order valence-electron chi connectivity index (χ0n) is 13.1. The molecule has 1 aromatic rings. The van der Waals surface area contributed by atoms with Gasteiger partial charge in [-0.25, -0.2) is 0 Å². The first-order chi connectivity index (χ1) is 11.6. The Labute approximate surface area is 140 Å². The zero-order valence-corrected chi connectivity index (χ0v) is 13.1. The fourth-order valence-corrected chi connectivity index (χ4v) is 2.19.